The summed E-state index contributed by atoms with van der Waals surface area (Å²) in [6.07, 6.45) is -11.1. The van der Waals surface area contributed by atoms with Crippen LogP contribution in [0.3, 0.4) is 0 Å². The van der Waals surface area contributed by atoms with E-state index in [2.05, 4.69) is 10.7 Å². The van der Waals surface area contributed by atoms with Gasteiger partial charge in [0.05, 0.1) is 16.0 Å². The summed E-state index contributed by atoms with van der Waals surface area (Å²) in [6.45, 7) is 0. The Balaban J connectivity index is 3.91. The maximum absolute atomic E-state index is 12.6. The van der Waals surface area contributed by atoms with Gasteiger partial charge in [-0.2, -0.15) is 26.3 Å². The van der Waals surface area contributed by atoms with Crippen LogP contribution >= 0.6 is 10.7 Å². The molecule has 0 unspecified atom stereocenters. The maximum Gasteiger partial charge on any atom is 0.418 e. The van der Waals surface area contributed by atoms with E-state index in [0.717, 1.165) is 0 Å². The molecule has 0 saturated carbocycles. The summed E-state index contributed by atoms with van der Waals surface area (Å²) in [6, 6.07) is -0.227. The molecule has 0 atom stereocenters. The molecule has 1 aromatic carbocycles. The molecule has 0 bridgehead atoms. The van der Waals surface area contributed by atoms with Crippen molar-refractivity contribution >= 4 is 19.7 Å². The fraction of sp³-hybridized carbons (Fsp3) is 0.250. The average Bonchev–Trinajstić information content (AvgIpc) is 2.11. The van der Waals surface area contributed by atoms with E-state index in [-0.39, 0.29) is 12.1 Å². The number of benzene rings is 1. The van der Waals surface area contributed by atoms with Crippen molar-refractivity contribution in [3.63, 3.8) is 0 Å². The molecule has 0 fully saturated rings. The van der Waals surface area contributed by atoms with E-state index in [4.69, 9.17) is 5.11 Å². The minimum Gasteiger partial charge on any atom is -0.508 e. The quantitative estimate of drug-likeness (QED) is 0.635. The molecule has 11 heteroatoms. The summed E-state index contributed by atoms with van der Waals surface area (Å²) in [5, 5.41) is 8.92. The average molecular weight is 329 g/mol. The van der Waals surface area contributed by atoms with Crippen molar-refractivity contribution in [1.29, 1.82) is 0 Å². The molecule has 1 aromatic rings. The van der Waals surface area contributed by atoms with Crippen LogP contribution in [0, 0.1) is 0 Å². The molecule has 108 valence electrons. The highest BCUT2D eigenvalue weighted by Crippen LogP contribution is 2.45. The van der Waals surface area contributed by atoms with Gasteiger partial charge in [0, 0.05) is 16.7 Å². The van der Waals surface area contributed by atoms with Crippen LogP contribution in [0.2, 0.25) is 0 Å². The number of phenolic OH excluding ortho intramolecular Hbond substituents is 1. The van der Waals surface area contributed by atoms with Gasteiger partial charge < -0.3 is 5.11 Å². The fourth-order valence-corrected chi connectivity index (χ4v) is 2.41. The first kappa shape index (κ1) is 15.9. The van der Waals surface area contributed by atoms with Crippen LogP contribution in [0.5, 0.6) is 5.75 Å². The van der Waals surface area contributed by atoms with Gasteiger partial charge in [-0.25, -0.2) is 8.42 Å². The topological polar surface area (TPSA) is 54.4 Å². The summed E-state index contributed by atoms with van der Waals surface area (Å²) in [7, 11) is -0.472. The smallest absolute Gasteiger partial charge is 0.418 e. The van der Waals surface area contributed by atoms with Crippen LogP contribution in [0.15, 0.2) is 17.0 Å². The van der Waals surface area contributed by atoms with Crippen molar-refractivity contribution in [2.75, 3.05) is 0 Å². The van der Waals surface area contributed by atoms with Crippen molar-refractivity contribution in [3.05, 3.63) is 23.3 Å². The minimum absolute atomic E-state index is 0.000394. The third-order valence-corrected chi connectivity index (χ3v) is 3.28. The van der Waals surface area contributed by atoms with Crippen molar-refractivity contribution in [1.82, 2.24) is 0 Å². The standard InChI is InChI=1S/C8H3ClF6O3S/c9-19(17,18)5-2-3(16)1-4(7(10,11)12)6(5)8(13,14)15/h1-2,16H. The van der Waals surface area contributed by atoms with Crippen LogP contribution in [0.1, 0.15) is 11.1 Å². The number of rotatable bonds is 1. The molecule has 1 rings (SSSR count). The van der Waals surface area contributed by atoms with Crippen LogP contribution in [0.4, 0.5) is 26.3 Å². The first-order chi connectivity index (χ1) is 8.24. The zero-order valence-electron chi connectivity index (χ0n) is 8.47. The van der Waals surface area contributed by atoms with Crippen molar-refractivity contribution in [2.24, 2.45) is 0 Å². The molecule has 0 amide bonds. The van der Waals surface area contributed by atoms with E-state index in [1.165, 1.54) is 0 Å². The summed E-state index contributed by atoms with van der Waals surface area (Å²) < 4.78 is 97.1. The molecular formula is C8H3ClF6O3S. The Morgan fingerprint density at radius 2 is 1.47 bits per heavy atom. The highest BCUT2D eigenvalue weighted by molar-refractivity contribution is 8.13. The van der Waals surface area contributed by atoms with Gasteiger partial charge in [-0.15, -0.1) is 0 Å². The van der Waals surface area contributed by atoms with Crippen LogP contribution in [-0.2, 0) is 21.4 Å². The molecule has 1 N–H and O–H groups in total. The Bertz CT molecular complexity index is 604. The lowest BCUT2D eigenvalue weighted by molar-refractivity contribution is -0.163. The van der Waals surface area contributed by atoms with Crippen molar-refractivity contribution in [3.8, 4) is 5.75 Å². The summed E-state index contributed by atoms with van der Waals surface area (Å²) in [5.41, 5.74) is -4.80. The Kier molecular flexibility index (Phi) is 3.72. The fourth-order valence-electron chi connectivity index (χ4n) is 1.31. The molecule has 0 spiro atoms. The van der Waals surface area contributed by atoms with Gasteiger partial charge >= 0.3 is 12.4 Å². The van der Waals surface area contributed by atoms with Gasteiger partial charge in [0.2, 0.25) is 0 Å². The Morgan fingerprint density at radius 3 is 1.79 bits per heavy atom. The minimum atomic E-state index is -5.62. The Labute approximate surface area is 106 Å². The second kappa shape index (κ2) is 4.44. The van der Waals surface area contributed by atoms with Crippen molar-refractivity contribution < 1.29 is 39.9 Å². The molecule has 3 nitrogen and oxygen atoms in total. The predicted octanol–water partition coefficient (Wildman–Crippen LogP) is 3.36. The number of phenols is 1. The van der Waals surface area contributed by atoms with Gasteiger partial charge in [0.15, 0.2) is 0 Å². The van der Waals surface area contributed by atoms with Crippen molar-refractivity contribution in [2.45, 2.75) is 17.2 Å². The number of hydrogen-bond donors (Lipinski definition) is 1. The first-order valence-electron chi connectivity index (χ1n) is 4.20. The van der Waals surface area contributed by atoms with Gasteiger partial charge in [0.25, 0.3) is 9.05 Å². The lowest BCUT2D eigenvalue weighted by Gasteiger charge is -2.18. The molecule has 19 heavy (non-hydrogen) atoms. The van der Waals surface area contributed by atoms with E-state index in [9.17, 15) is 34.8 Å². The van der Waals surface area contributed by atoms with Crippen LogP contribution < -0.4 is 0 Å². The van der Waals surface area contributed by atoms with Crippen LogP contribution in [-0.4, -0.2) is 13.5 Å². The molecule has 0 radical (unpaired) electrons. The molecular weight excluding hydrogens is 326 g/mol. The lowest BCUT2D eigenvalue weighted by atomic mass is 10.1. The molecule has 0 aliphatic rings. The molecule has 0 heterocycles. The first-order valence-corrected chi connectivity index (χ1v) is 6.51. The molecule has 0 aromatic heterocycles. The van der Waals surface area contributed by atoms with E-state index in [1.54, 1.807) is 0 Å². The third kappa shape index (κ3) is 3.44. The van der Waals surface area contributed by atoms with E-state index >= 15 is 0 Å². The highest BCUT2D eigenvalue weighted by atomic mass is 35.7. The Morgan fingerprint density at radius 1 is 1.00 bits per heavy atom. The zero-order chi connectivity index (χ0) is 15.2. The second-order valence-corrected chi connectivity index (χ2v) is 5.83. The van der Waals surface area contributed by atoms with E-state index in [1.807, 2.05) is 0 Å². The van der Waals surface area contributed by atoms with Gasteiger partial charge in [-0.05, 0) is 6.07 Å². The van der Waals surface area contributed by atoms with E-state index < -0.39 is 43.2 Å². The molecule has 0 saturated heterocycles. The van der Waals surface area contributed by atoms with Gasteiger partial charge in [-0.1, -0.05) is 0 Å². The van der Waals surface area contributed by atoms with E-state index in [0.29, 0.717) is 0 Å². The third-order valence-electron chi connectivity index (χ3n) is 1.94. The normalized spacial score (nSPS) is 13.6. The second-order valence-electron chi connectivity index (χ2n) is 3.30. The summed E-state index contributed by atoms with van der Waals surface area (Å²) in [5.74, 6) is -1.31. The SMILES string of the molecule is O=S(=O)(Cl)c1cc(O)cc(C(F)(F)F)c1C(F)(F)F. The largest absolute Gasteiger partial charge is 0.508 e. The number of aromatic hydroxyl groups is 1. The monoisotopic (exact) mass is 328 g/mol. The molecule has 0 aliphatic heterocycles. The highest BCUT2D eigenvalue weighted by Gasteiger charge is 2.47. The maximum atomic E-state index is 12.6. The number of halogens is 7. The summed E-state index contributed by atoms with van der Waals surface area (Å²) in [4.78, 5) is -1.85. The Hall–Kier alpha value is -1.16. The zero-order valence-corrected chi connectivity index (χ0v) is 10.0. The molecule has 0 aliphatic carbocycles. The van der Waals surface area contributed by atoms with Gasteiger partial charge in [-0.3, -0.25) is 0 Å². The van der Waals surface area contributed by atoms with Gasteiger partial charge in [0.1, 0.15) is 5.75 Å². The number of hydrogen-bond acceptors (Lipinski definition) is 3. The summed E-state index contributed by atoms with van der Waals surface area (Å²) >= 11 is 0. The number of alkyl halides is 6. The lowest BCUT2D eigenvalue weighted by Crippen LogP contribution is -2.19. The predicted molar refractivity (Wildman–Crippen MR) is 51.1 cm³/mol. The van der Waals surface area contributed by atoms with Crippen LogP contribution in [0.25, 0.3) is 0 Å².